The number of carbonyl (C=O) groups excluding carboxylic acids is 11. The van der Waals surface area contributed by atoms with Crippen molar-refractivity contribution in [3.05, 3.63) is 120 Å². The quantitative estimate of drug-likeness (QED) is 0.0249. The maximum absolute atomic E-state index is 14.8. The van der Waals surface area contributed by atoms with Crippen LogP contribution in [0.5, 0.6) is 0 Å². The van der Waals surface area contributed by atoms with E-state index >= 15 is 0 Å². The summed E-state index contributed by atoms with van der Waals surface area (Å²) in [5, 5.41) is 46.1. The van der Waals surface area contributed by atoms with Crippen LogP contribution < -0.4 is 37.6 Å². The Bertz CT molecular complexity index is 3950. The minimum atomic E-state index is -1.31. The number of primary amides is 1. The van der Waals surface area contributed by atoms with Gasteiger partial charge in [0.25, 0.3) is 0 Å². The molecule has 33 heteroatoms. The summed E-state index contributed by atoms with van der Waals surface area (Å²) in [6.45, 7) is 13.0. The molecule has 1 aliphatic heterocycles. The van der Waals surface area contributed by atoms with Gasteiger partial charge in [-0.15, -0.1) is 0 Å². The summed E-state index contributed by atoms with van der Waals surface area (Å²) in [4.78, 5) is 204. The van der Waals surface area contributed by atoms with Gasteiger partial charge in [0.1, 0.15) is 13.2 Å². The fraction of sp³-hybridized carbons (Fsp3) is 0.543. The summed E-state index contributed by atoms with van der Waals surface area (Å²) >= 11 is 0. The molecule has 0 radical (unpaired) electrons. The number of ketones is 4. The molecule has 6 atom stereocenters. The first-order valence-electron chi connectivity index (χ1n) is 38.7. The van der Waals surface area contributed by atoms with Gasteiger partial charge in [0, 0.05) is 157 Å². The number of nitrogens with zero attached hydrogens (tertiary/aromatic N) is 5. The molecule has 32 nitrogen and oxygen atoms in total. The maximum atomic E-state index is 14.8. The average Bonchev–Trinajstić information content (AvgIpc) is 1.65. The number of benzene rings is 3. The number of Topliss-reactive ketones (excluding diaryl/α,β-unsaturated/α-hetero) is 4. The fourth-order valence-corrected chi connectivity index (χ4v) is 13.8. The predicted molar refractivity (Wildman–Crippen MR) is 430 cm³/mol. The van der Waals surface area contributed by atoms with Crippen molar-refractivity contribution >= 4 is 119 Å². The molecule has 5 aromatic rings. The number of carboxylic acids is 3. The number of aliphatic carboxylic acids is 3. The topological polar surface area (TPSA) is 465 Å². The van der Waals surface area contributed by atoms with Gasteiger partial charge in [-0.25, -0.2) is 4.98 Å². The molecule has 0 bridgehead atoms. The van der Waals surface area contributed by atoms with Gasteiger partial charge in [0.15, 0.2) is 23.1 Å². The van der Waals surface area contributed by atoms with Crippen molar-refractivity contribution < 1.29 is 87.2 Å². The Morgan fingerprint density at radius 2 is 1.04 bits per heavy atom. The SMILES string of the molecule is CC(C)CC(CC(=O)[C@H](Cc1cnc[nH]1)NC(=O)CCC(=O)[C@@H](NC(=O)[C@H](C)CC(=O)[C@H](Cc1c[nH]c2ccccc12)NC(=O)[C@H](CCC(N)=O)CC(=O)[C@@H](Cc1ccccc1)NC(=O)COCC(=O)Nc1ccc(CNC(=O)CN2CCN(CC(=O)O)CCN(CC(=O)O)CCN(CC(=O)O)CC2)cc1)C(C)C)CC(C)C.[68GaH3]. The molecule has 114 heavy (non-hydrogen) atoms. The van der Waals surface area contributed by atoms with E-state index < -0.39 is 139 Å². The van der Waals surface area contributed by atoms with Crippen LogP contribution >= 0.6 is 0 Å². The van der Waals surface area contributed by atoms with Crippen LogP contribution in [0.1, 0.15) is 129 Å². The van der Waals surface area contributed by atoms with E-state index in [1.807, 2.05) is 18.2 Å². The third kappa shape index (κ3) is 35.3. The van der Waals surface area contributed by atoms with Crippen LogP contribution in [0, 0.1) is 35.5 Å². The standard InChI is InChI=1S/C81H114N14O18.Ga.3H/c1-51(2)33-57(34-52(3)4)37-69(98)66(40-61-43-83-50-86-61)88-72(101)24-22-67(96)79(53(5)6)91-80(111)54(7)35-68(97)65(38-59-42-84-63-16-12-11-15-62(59)63)90-81(112)58(19-23-71(82)100)39-70(99)64(36-55-13-9-8-10-14-55)89-75(104)49-113-48-74(103)87-60-20-17-56(18-21-60)41-85-73(102)44-92-25-27-93(45-76(105)106)29-31-95(47-78(109)110)32-30-94(28-26-92)46-77(107)108;;;;/h8-18,20-21,42-43,50-54,57-58,64-66,79,84H,19,22-41,44-49H2,1-7H3,(H2,82,100)(H,83,86)(H,85,102)(H,87,103)(H,88,101)(H,89,104)(H,90,112)(H,91,111)(H,105,106)(H,107,108)(H,109,110);;;;/t54-,58-,64-,65+,66+,79+;;;;/m1..../s1/i;1-2;;;. The summed E-state index contributed by atoms with van der Waals surface area (Å²) in [6.07, 6.45) is 4.69. The number of amides is 7. The molecule has 6 rings (SSSR count). The summed E-state index contributed by atoms with van der Waals surface area (Å²) in [5.74, 6) is -11.5. The molecular formula is C81H117GaN14O18. The number of fused-ring (bicyclic) bond motifs is 1. The molecule has 1 saturated heterocycles. The molecule has 0 spiro atoms. The number of hydrogen-bond donors (Lipinski definition) is 12. The number of rotatable bonds is 48. The third-order valence-electron chi connectivity index (χ3n) is 19.6. The number of aromatic nitrogens is 3. The van der Waals surface area contributed by atoms with Gasteiger partial charge in [-0.3, -0.25) is 86.7 Å². The first-order valence-corrected chi connectivity index (χ1v) is 38.7. The number of H-pyrrole nitrogens is 2. The minimum absolute atomic E-state index is 0. The number of imidazole rings is 1. The monoisotopic (exact) mass is 1640 g/mol. The van der Waals surface area contributed by atoms with E-state index in [4.69, 9.17) is 10.5 Å². The van der Waals surface area contributed by atoms with E-state index in [9.17, 15) is 82.4 Å². The molecule has 3 heterocycles. The van der Waals surface area contributed by atoms with Crippen LogP contribution in [0.3, 0.4) is 0 Å². The summed E-state index contributed by atoms with van der Waals surface area (Å²) < 4.78 is 5.50. The number of carbonyl (C=O) groups is 14. The van der Waals surface area contributed by atoms with Gasteiger partial charge in [-0.2, -0.15) is 0 Å². The average molecular weight is 1640 g/mol. The number of para-hydroxylation sites is 1. The summed E-state index contributed by atoms with van der Waals surface area (Å²) in [7, 11) is 0. The van der Waals surface area contributed by atoms with Gasteiger partial charge in [0.05, 0.1) is 56.7 Å². The number of carboxylic acid groups (broad SMARTS) is 3. The number of hydrogen-bond acceptors (Lipinski definition) is 20. The van der Waals surface area contributed by atoms with Crippen molar-refractivity contribution in [2.45, 2.75) is 156 Å². The first kappa shape index (κ1) is 94.8. The molecule has 7 amide bonds. The van der Waals surface area contributed by atoms with Crippen molar-refractivity contribution in [3.63, 3.8) is 0 Å². The van der Waals surface area contributed by atoms with Gasteiger partial charge in [-0.1, -0.05) is 109 Å². The number of ether oxygens (including phenoxy) is 1. The molecular weight excluding hydrogens is 1520 g/mol. The molecule has 0 aliphatic carbocycles. The van der Waals surface area contributed by atoms with E-state index in [1.54, 1.807) is 107 Å². The molecule has 1 aliphatic rings. The van der Waals surface area contributed by atoms with E-state index in [-0.39, 0.29) is 174 Å². The van der Waals surface area contributed by atoms with Gasteiger partial charge < -0.3 is 67.7 Å². The summed E-state index contributed by atoms with van der Waals surface area (Å²) in [5.41, 5.74) is 9.29. The zero-order valence-corrected chi connectivity index (χ0v) is 65.9. The van der Waals surface area contributed by atoms with E-state index in [0.717, 1.165) is 23.7 Å². The second-order valence-electron chi connectivity index (χ2n) is 30.6. The van der Waals surface area contributed by atoms with Crippen molar-refractivity contribution in [2.24, 2.45) is 41.2 Å². The van der Waals surface area contributed by atoms with Crippen molar-refractivity contribution in [2.75, 3.05) is 97.1 Å². The Labute approximate surface area is 678 Å². The Morgan fingerprint density at radius 3 is 1.60 bits per heavy atom. The van der Waals surface area contributed by atoms with Crippen molar-refractivity contribution in [3.8, 4) is 0 Å². The molecule has 0 unspecified atom stereocenters. The molecule has 3 aromatic carbocycles. The zero-order valence-electron chi connectivity index (χ0n) is 65.9. The molecule has 1 fully saturated rings. The van der Waals surface area contributed by atoms with Gasteiger partial charge >= 0.3 is 37.7 Å². The van der Waals surface area contributed by atoms with Crippen LogP contribution in [0.2, 0.25) is 0 Å². The van der Waals surface area contributed by atoms with E-state index in [1.165, 1.54) is 13.3 Å². The molecule has 13 N–H and O–H groups in total. The van der Waals surface area contributed by atoms with Crippen molar-refractivity contribution in [1.82, 2.24) is 61.1 Å². The van der Waals surface area contributed by atoms with E-state index in [2.05, 4.69) is 74.5 Å². The number of anilines is 1. The van der Waals surface area contributed by atoms with Crippen LogP contribution in [0.15, 0.2) is 97.6 Å². The first-order chi connectivity index (χ1) is 53.7. The third-order valence-corrected chi connectivity index (χ3v) is 19.6. The predicted octanol–water partition coefficient (Wildman–Crippen LogP) is 2.53. The number of nitrogens with one attached hydrogen (secondary N) is 8. The Balaban J connectivity index is 0.0000232. The zero-order chi connectivity index (χ0) is 82.7. The molecule has 622 valence electrons. The molecule has 2 aromatic heterocycles. The number of nitrogens with two attached hydrogens (primary N) is 1. The second-order valence-corrected chi connectivity index (χ2v) is 30.6. The van der Waals surface area contributed by atoms with E-state index in [0.29, 0.717) is 39.9 Å². The van der Waals surface area contributed by atoms with Gasteiger partial charge in [-0.05, 0) is 84.2 Å². The van der Waals surface area contributed by atoms with Crippen LogP contribution in [-0.2, 0) is 97.7 Å². The van der Waals surface area contributed by atoms with Gasteiger partial charge in [0.2, 0.25) is 41.4 Å². The Hall–Kier alpha value is -9.77. The number of aromatic amines is 2. The van der Waals surface area contributed by atoms with Crippen LogP contribution in [0.4, 0.5) is 5.69 Å². The second kappa shape index (κ2) is 49.1. The van der Waals surface area contributed by atoms with Crippen LogP contribution in [0.25, 0.3) is 10.9 Å². The van der Waals surface area contributed by atoms with Crippen molar-refractivity contribution in [1.29, 1.82) is 0 Å². The molecule has 0 saturated carbocycles. The summed E-state index contributed by atoms with van der Waals surface area (Å²) in [6, 6.07) is 17.9. The Morgan fingerprint density at radius 1 is 0.518 bits per heavy atom. The fourth-order valence-electron chi connectivity index (χ4n) is 13.8. The normalized spacial score (nSPS) is 15.0. The van der Waals surface area contributed by atoms with Crippen LogP contribution in [-0.4, -0.2) is 268 Å². The Kier molecular flexibility index (Phi) is 40.8.